The first-order chi connectivity index (χ1) is 12.5. The zero-order valence-electron chi connectivity index (χ0n) is 17.5. The Bertz CT molecular complexity index is 391. The second kappa shape index (κ2) is 19.0. The topological polar surface area (TPSA) is 112 Å². The van der Waals surface area contributed by atoms with Gasteiger partial charge in [-0.15, -0.1) is 0 Å². The molecular formula is C19H36O8. The Balaban J connectivity index is -0.000000326. The van der Waals surface area contributed by atoms with Crippen LogP contribution in [0, 0.1) is 5.41 Å². The monoisotopic (exact) mass is 392 g/mol. The molecule has 8 nitrogen and oxygen atoms in total. The maximum Gasteiger partial charge on any atom is 0.368 e. The summed E-state index contributed by atoms with van der Waals surface area (Å²) >= 11 is 0. The van der Waals surface area contributed by atoms with Gasteiger partial charge in [-0.3, -0.25) is 9.78 Å². The van der Waals surface area contributed by atoms with Crippen LogP contribution < -0.4 is 0 Å². The van der Waals surface area contributed by atoms with E-state index in [0.29, 0.717) is 24.4 Å². The minimum absolute atomic E-state index is 0.0451. The van der Waals surface area contributed by atoms with Crippen LogP contribution in [0.3, 0.4) is 0 Å². The van der Waals surface area contributed by atoms with Crippen molar-refractivity contribution in [2.24, 2.45) is 5.41 Å². The van der Waals surface area contributed by atoms with Crippen LogP contribution in [-0.4, -0.2) is 48.6 Å². The molecule has 8 heteroatoms. The quantitative estimate of drug-likeness (QED) is 0.253. The molecule has 0 heterocycles. The molecule has 0 saturated carbocycles. The van der Waals surface area contributed by atoms with Gasteiger partial charge in [0.15, 0.2) is 0 Å². The molecule has 0 aromatic carbocycles. The zero-order chi connectivity index (χ0) is 21.9. The van der Waals surface area contributed by atoms with Gasteiger partial charge in [-0.25, -0.2) is 9.59 Å². The summed E-state index contributed by atoms with van der Waals surface area (Å²) in [7, 11) is 0. The summed E-state index contributed by atoms with van der Waals surface area (Å²) in [4.78, 5) is 38.7. The molecule has 0 aliphatic carbocycles. The van der Waals surface area contributed by atoms with Gasteiger partial charge in [0, 0.05) is 16.6 Å². The normalized spacial score (nSPS) is 9.78. The van der Waals surface area contributed by atoms with Crippen molar-refractivity contribution in [1.29, 1.82) is 0 Å². The van der Waals surface area contributed by atoms with Crippen LogP contribution in [0.25, 0.3) is 0 Å². The van der Waals surface area contributed by atoms with Gasteiger partial charge in [-0.2, -0.15) is 9.78 Å². The Morgan fingerprint density at radius 2 is 1.11 bits per heavy atom. The maximum atomic E-state index is 10.6. The third-order valence-electron chi connectivity index (χ3n) is 2.40. The van der Waals surface area contributed by atoms with Gasteiger partial charge in [0.1, 0.15) is 0 Å². The second-order valence-electron chi connectivity index (χ2n) is 6.43. The van der Waals surface area contributed by atoms with Gasteiger partial charge in [-0.1, -0.05) is 40.9 Å². The van der Waals surface area contributed by atoms with Gasteiger partial charge in [-0.05, 0) is 26.7 Å². The molecule has 160 valence electrons. The van der Waals surface area contributed by atoms with Crippen LogP contribution >= 0.6 is 0 Å². The summed E-state index contributed by atoms with van der Waals surface area (Å²) in [6, 6.07) is 0. The number of hydrogen-bond acceptors (Lipinski definition) is 8. The van der Waals surface area contributed by atoms with E-state index in [1.165, 1.54) is 0 Å². The van der Waals surface area contributed by atoms with Gasteiger partial charge in [0.25, 0.3) is 0 Å². The van der Waals surface area contributed by atoms with E-state index in [-0.39, 0.29) is 18.6 Å². The summed E-state index contributed by atoms with van der Waals surface area (Å²) in [6.45, 7) is 18.3. The van der Waals surface area contributed by atoms with E-state index in [0.717, 1.165) is 12.8 Å². The molecule has 0 aliphatic heterocycles. The average Bonchev–Trinajstić information content (AvgIpc) is 2.62. The first-order valence-electron chi connectivity index (χ1n) is 8.69. The maximum absolute atomic E-state index is 10.6. The molecule has 2 N–H and O–H groups in total. The number of aliphatic hydroxyl groups is 2. The molecule has 0 aromatic rings. The molecule has 0 bridgehead atoms. The van der Waals surface area contributed by atoms with Crippen molar-refractivity contribution in [1.82, 2.24) is 0 Å². The lowest BCUT2D eigenvalue weighted by Crippen LogP contribution is -2.20. The van der Waals surface area contributed by atoms with E-state index in [1.54, 1.807) is 27.7 Å². The molecule has 0 spiro atoms. The third-order valence-corrected chi connectivity index (χ3v) is 2.40. The van der Waals surface area contributed by atoms with Crippen molar-refractivity contribution in [2.75, 3.05) is 26.4 Å². The highest BCUT2D eigenvalue weighted by Gasteiger charge is 2.13. The Kier molecular flexibility index (Phi) is 21.2. The minimum Gasteiger partial charge on any atom is -0.396 e. The lowest BCUT2D eigenvalue weighted by Gasteiger charge is -2.16. The predicted molar refractivity (Wildman–Crippen MR) is 102 cm³/mol. The molecule has 0 saturated heterocycles. The minimum atomic E-state index is -0.506. The molecule has 0 unspecified atom stereocenters. The lowest BCUT2D eigenvalue weighted by molar-refractivity contribution is -0.268. The smallest absolute Gasteiger partial charge is 0.368 e. The van der Waals surface area contributed by atoms with Crippen molar-refractivity contribution < 1.29 is 39.4 Å². The van der Waals surface area contributed by atoms with Crippen LogP contribution in [0.15, 0.2) is 24.3 Å². The van der Waals surface area contributed by atoms with Gasteiger partial charge in [0.2, 0.25) is 0 Å². The third kappa shape index (κ3) is 24.3. The van der Waals surface area contributed by atoms with E-state index < -0.39 is 11.9 Å². The SMILES string of the molecule is C=C(C)C(=O)OOCCC.C=C(C)C(=O)OOCCC.CC(C)(CO)CO. The number of carbonyl (C=O) groups excluding carboxylic acids is 2. The fourth-order valence-electron chi connectivity index (χ4n) is 0.549. The Labute approximate surface area is 162 Å². The average molecular weight is 392 g/mol. The molecule has 0 fully saturated rings. The fourth-order valence-corrected chi connectivity index (χ4v) is 0.549. The largest absolute Gasteiger partial charge is 0.396 e. The number of rotatable bonds is 10. The van der Waals surface area contributed by atoms with Crippen molar-refractivity contribution >= 4 is 11.9 Å². The highest BCUT2D eigenvalue weighted by atomic mass is 17.2. The molecule has 0 rings (SSSR count). The van der Waals surface area contributed by atoms with Gasteiger partial charge >= 0.3 is 11.9 Å². The predicted octanol–water partition coefficient (Wildman–Crippen LogP) is 2.89. The molecule has 27 heavy (non-hydrogen) atoms. The lowest BCUT2D eigenvalue weighted by atomic mass is 9.97. The summed E-state index contributed by atoms with van der Waals surface area (Å²) in [5.74, 6) is -1.01. The van der Waals surface area contributed by atoms with Crippen LogP contribution in [0.1, 0.15) is 54.4 Å². The van der Waals surface area contributed by atoms with Crippen LogP contribution in [0.5, 0.6) is 0 Å². The summed E-state index contributed by atoms with van der Waals surface area (Å²) in [5.41, 5.74) is 0.382. The van der Waals surface area contributed by atoms with Crippen molar-refractivity contribution in [2.45, 2.75) is 54.4 Å². The molecule has 0 aliphatic rings. The number of hydrogen-bond donors (Lipinski definition) is 2. The van der Waals surface area contributed by atoms with Gasteiger partial charge < -0.3 is 10.2 Å². The first-order valence-corrected chi connectivity index (χ1v) is 8.69. The van der Waals surface area contributed by atoms with E-state index >= 15 is 0 Å². The zero-order valence-corrected chi connectivity index (χ0v) is 17.5. The van der Waals surface area contributed by atoms with Crippen LogP contribution in [0.2, 0.25) is 0 Å². The van der Waals surface area contributed by atoms with E-state index in [2.05, 4.69) is 32.7 Å². The fraction of sp³-hybridized carbons (Fsp3) is 0.684. The Morgan fingerprint density at radius 1 is 0.815 bits per heavy atom. The highest BCUT2D eigenvalue weighted by Crippen LogP contribution is 2.10. The highest BCUT2D eigenvalue weighted by molar-refractivity contribution is 5.86. The second-order valence-corrected chi connectivity index (χ2v) is 6.43. The van der Waals surface area contributed by atoms with E-state index in [9.17, 15) is 9.59 Å². The summed E-state index contributed by atoms with van der Waals surface area (Å²) in [6.07, 6.45) is 1.65. The van der Waals surface area contributed by atoms with Crippen LogP contribution in [-0.2, 0) is 29.1 Å². The summed E-state index contributed by atoms with van der Waals surface area (Å²) in [5, 5.41) is 16.9. The van der Waals surface area contributed by atoms with E-state index in [1.807, 2.05) is 13.8 Å². The molecule has 0 aromatic heterocycles. The molecular weight excluding hydrogens is 356 g/mol. The van der Waals surface area contributed by atoms with Crippen molar-refractivity contribution in [3.05, 3.63) is 24.3 Å². The summed E-state index contributed by atoms with van der Waals surface area (Å²) < 4.78 is 0. The van der Waals surface area contributed by atoms with Crippen LogP contribution in [0.4, 0.5) is 0 Å². The Morgan fingerprint density at radius 3 is 1.26 bits per heavy atom. The number of carbonyl (C=O) groups is 2. The van der Waals surface area contributed by atoms with Crippen molar-refractivity contribution in [3.8, 4) is 0 Å². The van der Waals surface area contributed by atoms with Crippen molar-refractivity contribution in [3.63, 3.8) is 0 Å². The van der Waals surface area contributed by atoms with E-state index in [4.69, 9.17) is 10.2 Å². The standard InChI is InChI=1S/2C7H12O3.C5H12O2/c2*1-4-5-9-10-7(8)6(2)3;1-5(2,3-6)4-7/h2*2,4-5H2,1,3H3;6-7H,3-4H2,1-2H3. The number of aliphatic hydroxyl groups excluding tert-OH is 2. The molecule has 0 radical (unpaired) electrons. The first kappa shape index (κ1) is 30.0. The van der Waals surface area contributed by atoms with Gasteiger partial charge in [0.05, 0.1) is 26.4 Å². The molecule has 0 atom stereocenters. The Hall–Kier alpha value is -1.74. The molecule has 0 amide bonds.